The molecule has 8 nitrogen and oxygen atoms in total. The molecule has 0 spiro atoms. The van der Waals surface area contributed by atoms with Gasteiger partial charge in [-0.25, -0.2) is 9.97 Å². The molecular formula is C22H24N6O2. The number of morpholine rings is 1. The summed E-state index contributed by atoms with van der Waals surface area (Å²) in [5.74, 6) is 2.34. The molecule has 5 heterocycles. The van der Waals surface area contributed by atoms with Gasteiger partial charge >= 0.3 is 0 Å². The number of rotatable bonds is 4. The number of pyridine rings is 2. The topological polar surface area (TPSA) is 81.1 Å². The quantitative estimate of drug-likeness (QED) is 0.562. The van der Waals surface area contributed by atoms with E-state index in [1.54, 1.807) is 7.11 Å². The molecule has 1 aliphatic heterocycles. The van der Waals surface area contributed by atoms with Crippen molar-refractivity contribution in [1.82, 2.24) is 24.7 Å². The van der Waals surface area contributed by atoms with E-state index < -0.39 is 0 Å². The second-order valence-electron chi connectivity index (χ2n) is 7.55. The van der Waals surface area contributed by atoms with Crippen LogP contribution in [-0.2, 0) is 4.74 Å². The standard InChI is InChI=1S/C22H24N6O2/c1-14-12-28(18-6-7-24-26-18)22-21(14)17(16-4-5-20(29-3)23-11-16)10-19(25-22)27-8-9-30-13-15(27)2/h4-7,10-12,15H,8-9,13H2,1-3H3,(H,24,26)/t15-/m1/s1. The van der Waals surface area contributed by atoms with Gasteiger partial charge < -0.3 is 14.4 Å². The molecule has 1 atom stereocenters. The fraction of sp³-hybridized carbons (Fsp3) is 0.318. The van der Waals surface area contributed by atoms with Crippen molar-refractivity contribution in [3.8, 4) is 22.8 Å². The summed E-state index contributed by atoms with van der Waals surface area (Å²) in [6, 6.07) is 8.28. The number of fused-ring (bicyclic) bond motifs is 1. The van der Waals surface area contributed by atoms with E-state index in [4.69, 9.17) is 14.5 Å². The third kappa shape index (κ3) is 3.09. The fourth-order valence-corrected chi connectivity index (χ4v) is 4.06. The summed E-state index contributed by atoms with van der Waals surface area (Å²) in [6.07, 6.45) is 5.75. The highest BCUT2D eigenvalue weighted by molar-refractivity contribution is 5.98. The zero-order chi connectivity index (χ0) is 20.7. The lowest BCUT2D eigenvalue weighted by molar-refractivity contribution is 0.0986. The van der Waals surface area contributed by atoms with Gasteiger partial charge in [0.25, 0.3) is 0 Å². The van der Waals surface area contributed by atoms with E-state index in [1.165, 1.54) is 0 Å². The van der Waals surface area contributed by atoms with Crippen LogP contribution in [0.15, 0.2) is 42.9 Å². The molecule has 4 aromatic heterocycles. The summed E-state index contributed by atoms with van der Waals surface area (Å²) in [7, 11) is 1.62. The smallest absolute Gasteiger partial charge is 0.212 e. The van der Waals surface area contributed by atoms with Gasteiger partial charge in [-0.1, -0.05) is 0 Å². The van der Waals surface area contributed by atoms with Gasteiger partial charge in [-0.05, 0) is 37.1 Å². The maximum atomic E-state index is 5.64. The molecule has 8 heteroatoms. The van der Waals surface area contributed by atoms with Crippen LogP contribution >= 0.6 is 0 Å². The highest BCUT2D eigenvalue weighted by Crippen LogP contribution is 2.36. The number of nitrogens with one attached hydrogen (secondary N) is 1. The number of aromatic nitrogens is 5. The van der Waals surface area contributed by atoms with E-state index in [1.807, 2.05) is 35.2 Å². The van der Waals surface area contributed by atoms with Crippen molar-refractivity contribution in [3.05, 3.63) is 48.4 Å². The molecule has 1 fully saturated rings. The van der Waals surface area contributed by atoms with E-state index in [-0.39, 0.29) is 6.04 Å². The Balaban J connectivity index is 1.76. The Morgan fingerprint density at radius 3 is 2.83 bits per heavy atom. The first-order valence-electron chi connectivity index (χ1n) is 10.0. The van der Waals surface area contributed by atoms with E-state index in [9.17, 15) is 0 Å². The second-order valence-corrected chi connectivity index (χ2v) is 7.55. The minimum atomic E-state index is 0.250. The number of hydrogen-bond acceptors (Lipinski definition) is 6. The van der Waals surface area contributed by atoms with Gasteiger partial charge in [-0.2, -0.15) is 5.10 Å². The molecular weight excluding hydrogens is 380 g/mol. The Bertz CT molecular complexity index is 1170. The van der Waals surface area contributed by atoms with Gasteiger partial charge in [-0.3, -0.25) is 9.67 Å². The molecule has 154 valence electrons. The molecule has 0 amide bonds. The Labute approximate surface area is 174 Å². The van der Waals surface area contributed by atoms with Gasteiger partial charge in [0, 0.05) is 48.2 Å². The SMILES string of the molecule is COc1ccc(-c2cc(N3CCOC[C@H]3C)nc3c2c(C)cn3-c2cc[nH]n2)cn1. The zero-order valence-corrected chi connectivity index (χ0v) is 17.3. The first-order chi connectivity index (χ1) is 14.7. The van der Waals surface area contributed by atoms with Gasteiger partial charge in [0.2, 0.25) is 5.88 Å². The first-order valence-corrected chi connectivity index (χ1v) is 10.0. The number of methoxy groups -OCH3 is 1. The fourth-order valence-electron chi connectivity index (χ4n) is 4.06. The Hall–Kier alpha value is -3.39. The maximum absolute atomic E-state index is 5.64. The van der Waals surface area contributed by atoms with E-state index in [0.29, 0.717) is 19.1 Å². The van der Waals surface area contributed by atoms with Crippen molar-refractivity contribution in [3.63, 3.8) is 0 Å². The molecule has 1 aliphatic rings. The van der Waals surface area contributed by atoms with Crippen LogP contribution in [0.1, 0.15) is 12.5 Å². The van der Waals surface area contributed by atoms with Crippen LogP contribution in [0.4, 0.5) is 5.82 Å². The molecule has 1 N–H and O–H groups in total. The predicted octanol–water partition coefficient (Wildman–Crippen LogP) is 3.35. The lowest BCUT2D eigenvalue weighted by atomic mass is 10.0. The van der Waals surface area contributed by atoms with Gasteiger partial charge in [0.15, 0.2) is 5.82 Å². The Morgan fingerprint density at radius 1 is 1.23 bits per heavy atom. The normalized spacial score (nSPS) is 16.9. The van der Waals surface area contributed by atoms with Crippen molar-refractivity contribution in [2.75, 3.05) is 31.8 Å². The monoisotopic (exact) mass is 404 g/mol. The molecule has 30 heavy (non-hydrogen) atoms. The van der Waals surface area contributed by atoms with E-state index >= 15 is 0 Å². The van der Waals surface area contributed by atoms with Crippen LogP contribution in [-0.4, -0.2) is 57.6 Å². The third-order valence-corrected chi connectivity index (χ3v) is 5.58. The van der Waals surface area contributed by atoms with Gasteiger partial charge in [-0.15, -0.1) is 0 Å². The van der Waals surface area contributed by atoms with Crippen molar-refractivity contribution in [1.29, 1.82) is 0 Å². The zero-order valence-electron chi connectivity index (χ0n) is 17.3. The Morgan fingerprint density at radius 2 is 2.13 bits per heavy atom. The number of ether oxygens (including phenoxy) is 2. The summed E-state index contributed by atoms with van der Waals surface area (Å²) in [5, 5.41) is 8.36. The van der Waals surface area contributed by atoms with Crippen LogP contribution in [0.5, 0.6) is 5.88 Å². The average Bonchev–Trinajstić information content (AvgIpc) is 3.42. The van der Waals surface area contributed by atoms with Crippen molar-refractivity contribution in [2.45, 2.75) is 19.9 Å². The molecule has 0 aromatic carbocycles. The van der Waals surface area contributed by atoms with Crippen LogP contribution < -0.4 is 9.64 Å². The molecule has 0 aliphatic carbocycles. The summed E-state index contributed by atoms with van der Waals surface area (Å²) < 4.78 is 12.9. The Kier molecular flexibility index (Phi) is 4.63. The highest BCUT2D eigenvalue weighted by atomic mass is 16.5. The van der Waals surface area contributed by atoms with Crippen molar-refractivity contribution in [2.24, 2.45) is 0 Å². The molecule has 0 bridgehead atoms. The van der Waals surface area contributed by atoms with Crippen LogP contribution in [0.25, 0.3) is 28.0 Å². The number of H-pyrrole nitrogens is 1. The van der Waals surface area contributed by atoms with Crippen LogP contribution in [0, 0.1) is 6.92 Å². The summed E-state index contributed by atoms with van der Waals surface area (Å²) in [5.41, 5.74) is 4.12. The predicted molar refractivity (Wildman–Crippen MR) is 115 cm³/mol. The summed E-state index contributed by atoms with van der Waals surface area (Å²) in [6.45, 7) is 6.46. The van der Waals surface area contributed by atoms with Gasteiger partial charge in [0.05, 0.1) is 26.4 Å². The van der Waals surface area contributed by atoms with E-state index in [0.717, 1.165) is 45.9 Å². The highest BCUT2D eigenvalue weighted by Gasteiger charge is 2.24. The third-order valence-electron chi connectivity index (χ3n) is 5.58. The molecule has 0 radical (unpaired) electrons. The first kappa shape index (κ1) is 18.6. The lowest BCUT2D eigenvalue weighted by Crippen LogP contribution is -2.44. The molecule has 4 aromatic rings. The number of nitrogens with zero attached hydrogens (tertiary/aromatic N) is 5. The number of hydrogen-bond donors (Lipinski definition) is 1. The summed E-state index contributed by atoms with van der Waals surface area (Å²) in [4.78, 5) is 11.8. The lowest BCUT2D eigenvalue weighted by Gasteiger charge is -2.34. The maximum Gasteiger partial charge on any atom is 0.212 e. The summed E-state index contributed by atoms with van der Waals surface area (Å²) >= 11 is 0. The number of anilines is 1. The van der Waals surface area contributed by atoms with E-state index in [2.05, 4.69) is 46.2 Å². The average molecular weight is 404 g/mol. The van der Waals surface area contributed by atoms with Crippen molar-refractivity contribution >= 4 is 16.9 Å². The molecule has 1 saturated heterocycles. The largest absolute Gasteiger partial charge is 0.481 e. The van der Waals surface area contributed by atoms with Crippen molar-refractivity contribution < 1.29 is 9.47 Å². The number of aromatic amines is 1. The second kappa shape index (κ2) is 7.46. The molecule has 0 saturated carbocycles. The van der Waals surface area contributed by atoms with Crippen LogP contribution in [0.3, 0.4) is 0 Å². The van der Waals surface area contributed by atoms with Gasteiger partial charge in [0.1, 0.15) is 11.5 Å². The molecule has 5 rings (SSSR count). The minimum Gasteiger partial charge on any atom is -0.481 e. The number of aryl methyl sites for hydroxylation is 1. The molecule has 0 unspecified atom stereocenters. The van der Waals surface area contributed by atoms with Crippen LogP contribution in [0.2, 0.25) is 0 Å². The minimum absolute atomic E-state index is 0.250.